The first-order chi connectivity index (χ1) is 6.76. The molecule has 0 nitrogen and oxygen atoms in total. The zero-order chi connectivity index (χ0) is 12.0. The van der Waals surface area contributed by atoms with Crippen molar-refractivity contribution in [3.05, 3.63) is 0 Å². The van der Waals surface area contributed by atoms with Crippen molar-refractivity contribution in [2.75, 3.05) is 0 Å². The van der Waals surface area contributed by atoms with Crippen LogP contribution in [0.15, 0.2) is 0 Å². The maximum Gasteiger partial charge on any atom is -0.0394 e. The molecule has 0 aromatic rings. The maximum absolute atomic E-state index is 2.39. The molecule has 90 valence electrons. The smallest absolute Gasteiger partial charge is 0.0394 e. The van der Waals surface area contributed by atoms with Gasteiger partial charge in [0.25, 0.3) is 0 Å². The van der Waals surface area contributed by atoms with Crippen LogP contribution < -0.4 is 0 Å². The Balaban J connectivity index is -0.000000266. The third-order valence-electron chi connectivity index (χ3n) is 2.60. The molecule has 0 aromatic carbocycles. The van der Waals surface area contributed by atoms with E-state index in [0.29, 0.717) is 0 Å². The predicted octanol–water partition coefficient (Wildman–Crippen LogP) is 5.91. The van der Waals surface area contributed by atoms with E-state index in [9.17, 15) is 0 Å². The predicted molar refractivity (Wildman–Crippen MR) is 70.8 cm³/mol. The highest BCUT2D eigenvalue weighted by Gasteiger charge is 2.11. The Labute approximate surface area is 93.5 Å². The molecule has 0 saturated heterocycles. The molecule has 0 bridgehead atoms. The van der Waals surface area contributed by atoms with Crippen LogP contribution in [-0.2, 0) is 0 Å². The molecule has 0 spiro atoms. The topological polar surface area (TPSA) is 0 Å². The molecule has 1 atom stereocenters. The fourth-order valence-electron chi connectivity index (χ4n) is 1.78. The quantitative estimate of drug-likeness (QED) is 0.520. The van der Waals surface area contributed by atoms with Crippen LogP contribution in [0.4, 0.5) is 0 Å². The van der Waals surface area contributed by atoms with Crippen molar-refractivity contribution in [2.24, 2.45) is 11.8 Å². The van der Waals surface area contributed by atoms with Crippen molar-refractivity contribution in [2.45, 2.75) is 81.1 Å². The minimum Gasteiger partial charge on any atom is -0.0683 e. The van der Waals surface area contributed by atoms with Crippen molar-refractivity contribution in [3.8, 4) is 0 Å². The standard InChI is InChI=1S/C10H22.2C2H6/c1-5-8-9(4)10(6-2)7-3;2*1-2/h9-10H,5-8H2,1-4H3;2*1-2H3. The lowest BCUT2D eigenvalue weighted by Crippen LogP contribution is -2.08. The molecule has 0 rings (SSSR count). The summed E-state index contributed by atoms with van der Waals surface area (Å²) in [6.45, 7) is 17.3. The summed E-state index contributed by atoms with van der Waals surface area (Å²) in [7, 11) is 0. The fourth-order valence-corrected chi connectivity index (χ4v) is 1.78. The molecular weight excluding hydrogens is 168 g/mol. The Hall–Kier alpha value is 0. The summed E-state index contributed by atoms with van der Waals surface area (Å²) in [5, 5.41) is 0. The number of hydrogen-bond donors (Lipinski definition) is 0. The minimum absolute atomic E-state index is 0.944. The van der Waals surface area contributed by atoms with E-state index < -0.39 is 0 Å². The van der Waals surface area contributed by atoms with E-state index in [2.05, 4.69) is 27.7 Å². The van der Waals surface area contributed by atoms with Gasteiger partial charge in [-0.1, -0.05) is 81.1 Å². The van der Waals surface area contributed by atoms with Crippen LogP contribution in [0.25, 0.3) is 0 Å². The van der Waals surface area contributed by atoms with Gasteiger partial charge < -0.3 is 0 Å². The molecule has 0 heteroatoms. The van der Waals surface area contributed by atoms with Crippen molar-refractivity contribution in [3.63, 3.8) is 0 Å². The largest absolute Gasteiger partial charge is 0.0683 e. The molecule has 0 saturated carbocycles. The summed E-state index contributed by atoms with van der Waals surface area (Å²) >= 11 is 0. The summed E-state index contributed by atoms with van der Waals surface area (Å²) in [5.74, 6) is 1.92. The van der Waals surface area contributed by atoms with Crippen LogP contribution >= 0.6 is 0 Å². The SMILES string of the molecule is CC.CC.CCCC(C)C(CC)CC. The summed E-state index contributed by atoms with van der Waals surface area (Å²) in [6.07, 6.45) is 5.47. The molecule has 0 aliphatic carbocycles. The fraction of sp³-hybridized carbons (Fsp3) is 1.00. The Morgan fingerprint density at radius 2 is 1.14 bits per heavy atom. The zero-order valence-corrected chi connectivity index (χ0v) is 12.0. The highest BCUT2D eigenvalue weighted by atomic mass is 14.2. The van der Waals surface area contributed by atoms with Gasteiger partial charge in [-0.15, -0.1) is 0 Å². The van der Waals surface area contributed by atoms with Crippen molar-refractivity contribution >= 4 is 0 Å². The molecule has 14 heavy (non-hydrogen) atoms. The molecule has 0 N–H and O–H groups in total. The molecular formula is C14H34. The first kappa shape index (κ1) is 19.6. The monoisotopic (exact) mass is 202 g/mol. The number of hydrogen-bond acceptors (Lipinski definition) is 0. The van der Waals surface area contributed by atoms with E-state index in [1.807, 2.05) is 27.7 Å². The van der Waals surface area contributed by atoms with Crippen LogP contribution in [0.1, 0.15) is 81.1 Å². The van der Waals surface area contributed by atoms with E-state index in [-0.39, 0.29) is 0 Å². The highest BCUT2D eigenvalue weighted by molar-refractivity contribution is 4.62. The third-order valence-corrected chi connectivity index (χ3v) is 2.60. The van der Waals surface area contributed by atoms with Crippen LogP contribution in [0.3, 0.4) is 0 Å². The Morgan fingerprint density at radius 1 is 0.786 bits per heavy atom. The van der Waals surface area contributed by atoms with Gasteiger partial charge in [-0.05, 0) is 11.8 Å². The van der Waals surface area contributed by atoms with Gasteiger partial charge in [0.1, 0.15) is 0 Å². The molecule has 0 aromatic heterocycles. The van der Waals surface area contributed by atoms with Gasteiger partial charge in [0.05, 0.1) is 0 Å². The first-order valence-electron chi connectivity index (χ1n) is 6.76. The van der Waals surface area contributed by atoms with Gasteiger partial charge in [0.15, 0.2) is 0 Å². The average molecular weight is 202 g/mol. The van der Waals surface area contributed by atoms with Gasteiger partial charge in [-0.3, -0.25) is 0 Å². The average Bonchev–Trinajstić information content (AvgIpc) is 2.26. The second kappa shape index (κ2) is 18.7. The van der Waals surface area contributed by atoms with Crippen LogP contribution in [-0.4, -0.2) is 0 Å². The van der Waals surface area contributed by atoms with E-state index >= 15 is 0 Å². The lowest BCUT2D eigenvalue weighted by Gasteiger charge is -2.19. The number of rotatable bonds is 5. The second-order valence-corrected chi connectivity index (χ2v) is 3.34. The highest BCUT2D eigenvalue weighted by Crippen LogP contribution is 2.22. The molecule has 0 aliphatic rings. The Kier molecular flexibility index (Phi) is 26.1. The first-order valence-corrected chi connectivity index (χ1v) is 6.76. The molecule has 0 radical (unpaired) electrons. The van der Waals surface area contributed by atoms with Gasteiger partial charge in [0, 0.05) is 0 Å². The van der Waals surface area contributed by atoms with Gasteiger partial charge in [-0.25, -0.2) is 0 Å². The van der Waals surface area contributed by atoms with Gasteiger partial charge in [-0.2, -0.15) is 0 Å². The van der Waals surface area contributed by atoms with Crippen molar-refractivity contribution in [1.82, 2.24) is 0 Å². The van der Waals surface area contributed by atoms with E-state index in [4.69, 9.17) is 0 Å². The molecule has 0 heterocycles. The second-order valence-electron chi connectivity index (χ2n) is 3.34. The third kappa shape index (κ3) is 12.0. The maximum atomic E-state index is 2.39. The van der Waals surface area contributed by atoms with Crippen LogP contribution in [0, 0.1) is 11.8 Å². The zero-order valence-electron chi connectivity index (χ0n) is 12.0. The molecule has 0 aliphatic heterocycles. The normalized spacial score (nSPS) is 10.9. The van der Waals surface area contributed by atoms with Gasteiger partial charge in [0.2, 0.25) is 0 Å². The van der Waals surface area contributed by atoms with Crippen molar-refractivity contribution in [1.29, 1.82) is 0 Å². The van der Waals surface area contributed by atoms with E-state index in [1.54, 1.807) is 0 Å². The summed E-state index contributed by atoms with van der Waals surface area (Å²) < 4.78 is 0. The lowest BCUT2D eigenvalue weighted by molar-refractivity contribution is 0.316. The molecule has 1 unspecified atom stereocenters. The summed E-state index contributed by atoms with van der Waals surface area (Å²) in [6, 6.07) is 0. The van der Waals surface area contributed by atoms with Crippen LogP contribution in [0.2, 0.25) is 0 Å². The van der Waals surface area contributed by atoms with Crippen LogP contribution in [0.5, 0.6) is 0 Å². The summed E-state index contributed by atoms with van der Waals surface area (Å²) in [5.41, 5.74) is 0. The van der Waals surface area contributed by atoms with E-state index in [1.165, 1.54) is 25.7 Å². The van der Waals surface area contributed by atoms with Gasteiger partial charge >= 0.3 is 0 Å². The minimum atomic E-state index is 0.944. The van der Waals surface area contributed by atoms with E-state index in [0.717, 1.165) is 11.8 Å². The Bertz CT molecular complexity index is 62.4. The summed E-state index contributed by atoms with van der Waals surface area (Å²) in [4.78, 5) is 0. The van der Waals surface area contributed by atoms with Crippen molar-refractivity contribution < 1.29 is 0 Å². The molecule has 0 amide bonds. The molecule has 0 fully saturated rings. The lowest BCUT2D eigenvalue weighted by atomic mass is 9.86. The Morgan fingerprint density at radius 3 is 1.36 bits per heavy atom.